The molecular formula is C14H13FN2S. The monoisotopic (exact) mass is 260 g/mol. The number of aromatic nitrogens is 1. The number of nitrogens with zero attached hydrogens (tertiary/aromatic N) is 1. The van der Waals surface area contributed by atoms with E-state index in [2.05, 4.69) is 4.98 Å². The second kappa shape index (κ2) is 4.21. The summed E-state index contributed by atoms with van der Waals surface area (Å²) < 4.78 is 15.0. The number of hydrogen-bond acceptors (Lipinski definition) is 3. The van der Waals surface area contributed by atoms with Crippen molar-refractivity contribution >= 4 is 32.3 Å². The molecule has 0 radical (unpaired) electrons. The molecule has 0 bridgehead atoms. The fourth-order valence-corrected chi connectivity index (χ4v) is 3.10. The molecule has 92 valence electrons. The largest absolute Gasteiger partial charge is 0.375 e. The van der Waals surface area contributed by atoms with Gasteiger partial charge in [0.2, 0.25) is 0 Å². The SMILES string of the molecule is CC1=C(c2ccc3nc(N)sc3c2)C(F)=CCC1. The van der Waals surface area contributed by atoms with Crippen molar-refractivity contribution in [3.05, 3.63) is 41.2 Å². The van der Waals surface area contributed by atoms with E-state index in [1.165, 1.54) is 11.3 Å². The van der Waals surface area contributed by atoms with Gasteiger partial charge in [0.05, 0.1) is 10.2 Å². The van der Waals surface area contributed by atoms with Gasteiger partial charge >= 0.3 is 0 Å². The fourth-order valence-electron chi connectivity index (χ4n) is 2.33. The summed E-state index contributed by atoms with van der Waals surface area (Å²) in [7, 11) is 0. The summed E-state index contributed by atoms with van der Waals surface area (Å²) in [5, 5.41) is 0.549. The first-order valence-corrected chi connectivity index (χ1v) is 6.69. The van der Waals surface area contributed by atoms with Crippen molar-refractivity contribution in [2.45, 2.75) is 19.8 Å². The Morgan fingerprint density at radius 2 is 2.22 bits per heavy atom. The molecule has 0 saturated heterocycles. The van der Waals surface area contributed by atoms with Crippen molar-refractivity contribution in [1.82, 2.24) is 4.98 Å². The Labute approximate surface area is 109 Å². The molecule has 4 heteroatoms. The maximum atomic E-state index is 14.0. The van der Waals surface area contributed by atoms with Gasteiger partial charge in [0.15, 0.2) is 5.13 Å². The van der Waals surface area contributed by atoms with Gasteiger partial charge in [-0.05, 0) is 43.5 Å². The van der Waals surface area contributed by atoms with E-state index in [0.29, 0.717) is 5.13 Å². The number of fused-ring (bicyclic) bond motifs is 1. The number of thiazole rings is 1. The lowest BCUT2D eigenvalue weighted by molar-refractivity contribution is 0.656. The number of nitrogen functional groups attached to an aromatic ring is 1. The summed E-state index contributed by atoms with van der Waals surface area (Å²) in [4.78, 5) is 4.21. The van der Waals surface area contributed by atoms with E-state index in [4.69, 9.17) is 5.73 Å². The van der Waals surface area contributed by atoms with Crippen molar-refractivity contribution in [3.8, 4) is 0 Å². The second-order valence-electron chi connectivity index (χ2n) is 4.48. The van der Waals surface area contributed by atoms with Crippen LogP contribution in [0.15, 0.2) is 35.7 Å². The van der Waals surface area contributed by atoms with E-state index in [9.17, 15) is 4.39 Å². The molecular weight excluding hydrogens is 247 g/mol. The van der Waals surface area contributed by atoms with Crippen LogP contribution in [0.25, 0.3) is 15.8 Å². The number of nitrogens with two attached hydrogens (primary N) is 1. The summed E-state index contributed by atoms with van der Waals surface area (Å²) in [5.41, 5.74) is 9.31. The Kier molecular flexibility index (Phi) is 2.67. The predicted molar refractivity (Wildman–Crippen MR) is 75.1 cm³/mol. The minimum atomic E-state index is -0.115. The van der Waals surface area contributed by atoms with Crippen LogP contribution in [0, 0.1) is 0 Å². The molecule has 3 rings (SSSR count). The van der Waals surface area contributed by atoms with Crippen LogP contribution in [-0.4, -0.2) is 4.98 Å². The van der Waals surface area contributed by atoms with Crippen LogP contribution >= 0.6 is 11.3 Å². The molecule has 1 aliphatic carbocycles. The number of rotatable bonds is 1. The summed E-state index contributed by atoms with van der Waals surface area (Å²) in [6.45, 7) is 1.99. The van der Waals surface area contributed by atoms with Crippen molar-refractivity contribution < 1.29 is 4.39 Å². The third-order valence-corrected chi connectivity index (χ3v) is 4.05. The third-order valence-electron chi connectivity index (χ3n) is 3.20. The van der Waals surface area contributed by atoms with Crippen molar-refractivity contribution in [2.75, 3.05) is 5.73 Å². The average molecular weight is 260 g/mol. The van der Waals surface area contributed by atoms with E-state index in [1.54, 1.807) is 6.08 Å². The zero-order valence-corrected chi connectivity index (χ0v) is 10.9. The van der Waals surface area contributed by atoms with Crippen LogP contribution in [0.5, 0.6) is 0 Å². The molecule has 0 aliphatic heterocycles. The predicted octanol–water partition coefficient (Wildman–Crippen LogP) is 4.30. The minimum Gasteiger partial charge on any atom is -0.375 e. The molecule has 0 spiro atoms. The molecule has 1 aliphatic rings. The molecule has 1 heterocycles. The number of allylic oxidation sites excluding steroid dienone is 4. The van der Waals surface area contributed by atoms with Gasteiger partial charge in [-0.25, -0.2) is 9.37 Å². The van der Waals surface area contributed by atoms with Crippen LogP contribution < -0.4 is 5.73 Å². The highest BCUT2D eigenvalue weighted by molar-refractivity contribution is 7.22. The van der Waals surface area contributed by atoms with Crippen molar-refractivity contribution in [2.24, 2.45) is 0 Å². The Hall–Kier alpha value is -1.68. The molecule has 0 amide bonds. The highest BCUT2D eigenvalue weighted by atomic mass is 32.1. The molecule has 1 aromatic carbocycles. The summed E-state index contributed by atoms with van der Waals surface area (Å²) in [5.74, 6) is -0.115. The van der Waals surface area contributed by atoms with Crippen molar-refractivity contribution in [3.63, 3.8) is 0 Å². The second-order valence-corrected chi connectivity index (χ2v) is 5.54. The highest BCUT2D eigenvalue weighted by Gasteiger charge is 2.16. The normalized spacial score (nSPS) is 16.2. The van der Waals surface area contributed by atoms with Gasteiger partial charge in [0.25, 0.3) is 0 Å². The average Bonchev–Trinajstić information content (AvgIpc) is 2.68. The number of benzene rings is 1. The lowest BCUT2D eigenvalue weighted by Crippen LogP contribution is -1.95. The smallest absolute Gasteiger partial charge is 0.181 e. The maximum absolute atomic E-state index is 14.0. The molecule has 2 N–H and O–H groups in total. The Balaban J connectivity index is 2.17. The summed E-state index contributed by atoms with van der Waals surface area (Å²) in [6.07, 6.45) is 3.37. The highest BCUT2D eigenvalue weighted by Crippen LogP contribution is 2.36. The quantitative estimate of drug-likeness (QED) is 0.830. The lowest BCUT2D eigenvalue weighted by Gasteiger charge is -2.15. The van der Waals surface area contributed by atoms with Gasteiger partial charge in [-0.15, -0.1) is 0 Å². The van der Waals surface area contributed by atoms with E-state index in [0.717, 1.165) is 39.8 Å². The van der Waals surface area contributed by atoms with Gasteiger partial charge in [0.1, 0.15) is 5.83 Å². The molecule has 0 fully saturated rings. The zero-order chi connectivity index (χ0) is 12.7. The summed E-state index contributed by atoms with van der Waals surface area (Å²) >= 11 is 1.43. The van der Waals surface area contributed by atoms with Gasteiger partial charge in [-0.2, -0.15) is 0 Å². The van der Waals surface area contributed by atoms with Gasteiger partial charge in [-0.3, -0.25) is 0 Å². The van der Waals surface area contributed by atoms with Gasteiger partial charge in [0, 0.05) is 5.57 Å². The maximum Gasteiger partial charge on any atom is 0.181 e. The van der Waals surface area contributed by atoms with Crippen LogP contribution in [-0.2, 0) is 0 Å². The van der Waals surface area contributed by atoms with Gasteiger partial charge < -0.3 is 5.73 Å². The zero-order valence-electron chi connectivity index (χ0n) is 10.0. The van der Waals surface area contributed by atoms with E-state index >= 15 is 0 Å². The molecule has 1 aromatic heterocycles. The molecule has 2 aromatic rings. The fraction of sp³-hybridized carbons (Fsp3) is 0.214. The van der Waals surface area contributed by atoms with Crippen molar-refractivity contribution in [1.29, 1.82) is 0 Å². The summed E-state index contributed by atoms with van der Waals surface area (Å²) in [6, 6.07) is 5.79. The first-order valence-electron chi connectivity index (χ1n) is 5.87. The van der Waals surface area contributed by atoms with Crippen LogP contribution in [0.4, 0.5) is 9.52 Å². The molecule has 0 unspecified atom stereocenters. The Morgan fingerprint density at radius 3 is 3.00 bits per heavy atom. The number of halogens is 1. The van der Waals surface area contributed by atoms with Crippen LogP contribution in [0.2, 0.25) is 0 Å². The number of anilines is 1. The minimum absolute atomic E-state index is 0.115. The van der Waals surface area contributed by atoms with Crippen LogP contribution in [0.1, 0.15) is 25.3 Å². The number of hydrogen-bond donors (Lipinski definition) is 1. The van der Waals surface area contributed by atoms with Gasteiger partial charge in [-0.1, -0.05) is 23.0 Å². The van der Waals surface area contributed by atoms with E-state index in [-0.39, 0.29) is 5.83 Å². The Bertz CT molecular complexity index is 682. The van der Waals surface area contributed by atoms with Crippen LogP contribution in [0.3, 0.4) is 0 Å². The van der Waals surface area contributed by atoms with E-state index in [1.807, 2.05) is 25.1 Å². The van der Waals surface area contributed by atoms with E-state index < -0.39 is 0 Å². The molecule has 0 saturated carbocycles. The molecule has 18 heavy (non-hydrogen) atoms. The third kappa shape index (κ3) is 1.82. The first-order chi connectivity index (χ1) is 8.65. The standard InChI is InChI=1S/C14H13FN2S/c1-8-3-2-4-10(15)13(8)9-5-6-11-12(7-9)18-14(16)17-11/h4-7H,2-3H2,1H3,(H2,16,17). The first kappa shape index (κ1) is 11.4. The Morgan fingerprint density at radius 1 is 1.39 bits per heavy atom. The molecule has 0 atom stereocenters. The lowest BCUT2D eigenvalue weighted by atomic mass is 9.92. The molecule has 2 nitrogen and oxygen atoms in total. The topological polar surface area (TPSA) is 38.9 Å².